The van der Waals surface area contributed by atoms with Crippen LogP contribution in [0.4, 0.5) is 0 Å². The van der Waals surface area contributed by atoms with Crippen LogP contribution in [0.5, 0.6) is 0 Å². The van der Waals surface area contributed by atoms with E-state index in [9.17, 15) is 14.7 Å². The lowest BCUT2D eigenvalue weighted by Crippen LogP contribution is -2.20. The number of carboxylic acids is 1. The van der Waals surface area contributed by atoms with Crippen molar-refractivity contribution in [3.05, 3.63) is 57.2 Å². The van der Waals surface area contributed by atoms with Crippen molar-refractivity contribution in [1.29, 1.82) is 0 Å². The highest BCUT2D eigenvalue weighted by Crippen LogP contribution is 2.26. The molecule has 4 nitrogen and oxygen atoms in total. The number of aliphatic carboxylic acids is 1. The average molecular weight is 316 g/mol. The number of aromatic nitrogens is 1. The molecule has 5 heteroatoms. The van der Waals surface area contributed by atoms with Gasteiger partial charge in [0.2, 0.25) is 0 Å². The molecular weight excluding hydrogens is 302 g/mol. The maximum Gasteiger partial charge on any atom is 0.326 e. The number of halogens is 1. The fraction of sp³-hybridized carbons (Fsp3) is 0.176. The van der Waals surface area contributed by atoms with Crippen molar-refractivity contribution in [3.8, 4) is 0 Å². The summed E-state index contributed by atoms with van der Waals surface area (Å²) in [7, 11) is 0. The van der Waals surface area contributed by atoms with E-state index in [1.807, 2.05) is 19.1 Å². The number of aryl methyl sites for hydroxylation is 1. The van der Waals surface area contributed by atoms with Gasteiger partial charge in [0, 0.05) is 15.8 Å². The van der Waals surface area contributed by atoms with Gasteiger partial charge in [-0.2, -0.15) is 0 Å². The second-order valence-corrected chi connectivity index (χ2v) is 5.83. The molecule has 0 spiro atoms. The third-order valence-electron chi connectivity index (χ3n) is 3.87. The van der Waals surface area contributed by atoms with Crippen molar-refractivity contribution in [2.45, 2.75) is 19.9 Å². The van der Waals surface area contributed by atoms with E-state index in [4.69, 9.17) is 11.6 Å². The summed E-state index contributed by atoms with van der Waals surface area (Å²) >= 11 is 6.05. The molecule has 3 aromatic rings. The number of nitrogens with zero attached hydrogens (tertiary/aromatic N) is 1. The van der Waals surface area contributed by atoms with Crippen molar-refractivity contribution < 1.29 is 9.90 Å². The van der Waals surface area contributed by atoms with E-state index in [1.54, 1.807) is 35.8 Å². The van der Waals surface area contributed by atoms with Gasteiger partial charge in [-0.15, -0.1) is 0 Å². The zero-order valence-corrected chi connectivity index (χ0v) is 12.9. The fourth-order valence-corrected chi connectivity index (χ4v) is 2.90. The molecular formula is C17H14ClNO3. The summed E-state index contributed by atoms with van der Waals surface area (Å²) < 4.78 is 1.66. The van der Waals surface area contributed by atoms with Crippen LogP contribution in [0.2, 0.25) is 5.02 Å². The van der Waals surface area contributed by atoms with Gasteiger partial charge >= 0.3 is 5.97 Å². The number of benzene rings is 2. The highest BCUT2D eigenvalue weighted by molar-refractivity contribution is 6.31. The average Bonchev–Trinajstić information content (AvgIpc) is 2.46. The summed E-state index contributed by atoms with van der Waals surface area (Å²) in [5, 5.41) is 10.9. The Morgan fingerprint density at radius 2 is 1.73 bits per heavy atom. The fourth-order valence-electron chi connectivity index (χ4n) is 2.73. The van der Waals surface area contributed by atoms with Gasteiger partial charge in [-0.25, -0.2) is 4.79 Å². The largest absolute Gasteiger partial charge is 0.480 e. The van der Waals surface area contributed by atoms with E-state index in [2.05, 4.69) is 0 Å². The first-order valence-corrected chi connectivity index (χ1v) is 7.25. The molecule has 1 N–H and O–H groups in total. The molecule has 22 heavy (non-hydrogen) atoms. The van der Waals surface area contributed by atoms with Crippen molar-refractivity contribution in [1.82, 2.24) is 4.57 Å². The molecule has 0 radical (unpaired) electrons. The third-order valence-corrected chi connectivity index (χ3v) is 4.10. The lowest BCUT2D eigenvalue weighted by molar-refractivity contribution is -0.140. The molecule has 0 aliphatic rings. The topological polar surface area (TPSA) is 59.3 Å². The van der Waals surface area contributed by atoms with E-state index in [1.165, 1.54) is 0 Å². The summed E-state index contributed by atoms with van der Waals surface area (Å²) in [6, 6.07) is 9.53. The number of fused-ring (bicyclic) bond motifs is 2. The third kappa shape index (κ3) is 2.16. The maximum absolute atomic E-state index is 12.7. The van der Waals surface area contributed by atoms with Crippen LogP contribution < -0.4 is 5.43 Å². The molecule has 0 saturated heterocycles. The Labute approximate surface area is 131 Å². The Bertz CT molecular complexity index is 909. The SMILES string of the molecule is Cc1ccc2c(=O)c3ccc(Cl)cc3n(C(C)C(=O)O)c2c1. The molecule has 1 atom stereocenters. The molecule has 1 unspecified atom stereocenters. The number of rotatable bonds is 2. The Balaban J connectivity index is 2.62. The standard InChI is InChI=1S/C17H14ClNO3/c1-9-3-5-12-14(7-9)19(10(2)17(21)22)15-8-11(18)4-6-13(15)16(12)20/h3-8,10H,1-2H3,(H,21,22). The summed E-state index contributed by atoms with van der Waals surface area (Å²) in [6.45, 7) is 3.50. The van der Waals surface area contributed by atoms with E-state index in [0.29, 0.717) is 26.8 Å². The maximum atomic E-state index is 12.7. The molecule has 0 bridgehead atoms. The van der Waals surface area contributed by atoms with Crippen LogP contribution in [-0.4, -0.2) is 15.6 Å². The smallest absolute Gasteiger partial charge is 0.326 e. The minimum absolute atomic E-state index is 0.115. The number of pyridine rings is 1. The van der Waals surface area contributed by atoms with Gasteiger partial charge in [0.15, 0.2) is 5.43 Å². The van der Waals surface area contributed by atoms with Gasteiger partial charge in [-0.3, -0.25) is 4.79 Å². The summed E-state index contributed by atoms with van der Waals surface area (Å²) in [5.74, 6) is -0.965. The monoisotopic (exact) mass is 315 g/mol. The van der Waals surface area contributed by atoms with Crippen molar-refractivity contribution in [3.63, 3.8) is 0 Å². The van der Waals surface area contributed by atoms with Gasteiger partial charge in [0.05, 0.1) is 11.0 Å². The molecule has 0 amide bonds. The predicted octanol–water partition coefficient (Wildman–Crippen LogP) is 3.76. The summed E-state index contributed by atoms with van der Waals surface area (Å²) in [4.78, 5) is 24.2. The molecule has 3 rings (SSSR count). The summed E-state index contributed by atoms with van der Waals surface area (Å²) in [5.41, 5.74) is 1.98. The molecule has 0 aliphatic heterocycles. The first-order chi connectivity index (χ1) is 10.4. The lowest BCUT2D eigenvalue weighted by atomic mass is 10.1. The Hall–Kier alpha value is -2.33. The van der Waals surface area contributed by atoms with Crippen LogP contribution in [0.25, 0.3) is 21.8 Å². The predicted molar refractivity (Wildman–Crippen MR) is 87.8 cm³/mol. The van der Waals surface area contributed by atoms with Crippen molar-refractivity contribution in [2.24, 2.45) is 0 Å². The van der Waals surface area contributed by atoms with Crippen LogP contribution in [0, 0.1) is 6.92 Å². The van der Waals surface area contributed by atoms with E-state index < -0.39 is 12.0 Å². The molecule has 2 aromatic carbocycles. The number of hydrogen-bond acceptors (Lipinski definition) is 2. The van der Waals surface area contributed by atoms with Crippen LogP contribution in [-0.2, 0) is 4.79 Å². The Morgan fingerprint density at radius 1 is 1.14 bits per heavy atom. The number of hydrogen-bond donors (Lipinski definition) is 1. The van der Waals surface area contributed by atoms with Crippen molar-refractivity contribution >= 4 is 39.4 Å². The second-order valence-electron chi connectivity index (χ2n) is 5.40. The minimum Gasteiger partial charge on any atom is -0.480 e. The second kappa shape index (κ2) is 5.14. The van der Waals surface area contributed by atoms with Gasteiger partial charge < -0.3 is 9.67 Å². The van der Waals surface area contributed by atoms with Gasteiger partial charge in [-0.05, 0) is 49.7 Å². The lowest BCUT2D eigenvalue weighted by Gasteiger charge is -2.19. The van der Waals surface area contributed by atoms with E-state index in [-0.39, 0.29) is 5.43 Å². The normalized spacial score (nSPS) is 12.7. The number of carboxylic acid groups (broad SMARTS) is 1. The van der Waals surface area contributed by atoms with Gasteiger partial charge in [0.1, 0.15) is 6.04 Å². The first-order valence-electron chi connectivity index (χ1n) is 6.87. The minimum atomic E-state index is -0.965. The molecule has 0 aliphatic carbocycles. The quantitative estimate of drug-likeness (QED) is 0.732. The van der Waals surface area contributed by atoms with Gasteiger partial charge in [0.25, 0.3) is 0 Å². The van der Waals surface area contributed by atoms with E-state index >= 15 is 0 Å². The number of carbonyl (C=O) groups is 1. The van der Waals surface area contributed by atoms with Crippen molar-refractivity contribution in [2.75, 3.05) is 0 Å². The Kier molecular flexibility index (Phi) is 3.41. The Morgan fingerprint density at radius 3 is 2.36 bits per heavy atom. The van der Waals surface area contributed by atoms with Crippen LogP contribution in [0.15, 0.2) is 41.2 Å². The molecule has 112 valence electrons. The van der Waals surface area contributed by atoms with Crippen LogP contribution in [0.1, 0.15) is 18.5 Å². The molecule has 1 aromatic heterocycles. The van der Waals surface area contributed by atoms with Crippen LogP contribution in [0.3, 0.4) is 0 Å². The first kappa shape index (κ1) is 14.6. The highest BCUT2D eigenvalue weighted by atomic mass is 35.5. The van der Waals surface area contributed by atoms with Crippen LogP contribution >= 0.6 is 11.6 Å². The molecule has 1 heterocycles. The highest BCUT2D eigenvalue weighted by Gasteiger charge is 2.19. The van der Waals surface area contributed by atoms with E-state index in [0.717, 1.165) is 5.56 Å². The molecule has 0 fully saturated rings. The van der Waals surface area contributed by atoms with Gasteiger partial charge in [-0.1, -0.05) is 17.7 Å². The molecule has 0 saturated carbocycles. The summed E-state index contributed by atoms with van der Waals surface area (Å²) in [6.07, 6.45) is 0. The zero-order valence-electron chi connectivity index (χ0n) is 12.1. The zero-order chi connectivity index (χ0) is 16.0.